The zero-order valence-corrected chi connectivity index (χ0v) is 12.1. The lowest BCUT2D eigenvalue weighted by atomic mass is 10.1. The second-order valence-electron chi connectivity index (χ2n) is 4.36. The summed E-state index contributed by atoms with van der Waals surface area (Å²) in [6.45, 7) is 0.250. The number of pyridine rings is 1. The minimum Gasteiger partial charge on any atom is -0.375 e. The number of hydrogen-bond donors (Lipinski definition) is 1. The van der Waals surface area contributed by atoms with Crippen LogP contribution in [0.2, 0.25) is 5.02 Å². The Bertz CT molecular complexity index is 637. The Morgan fingerprint density at radius 2 is 2.24 bits per heavy atom. The Hall–Kier alpha value is -1.98. The lowest BCUT2D eigenvalue weighted by Gasteiger charge is -2.16. The molecule has 0 aliphatic heterocycles. The van der Waals surface area contributed by atoms with E-state index in [0.29, 0.717) is 5.02 Å². The van der Waals surface area contributed by atoms with Gasteiger partial charge in [0.15, 0.2) is 0 Å². The van der Waals surface area contributed by atoms with Gasteiger partial charge >= 0.3 is 0 Å². The molecule has 0 bridgehead atoms. The first-order valence-electron chi connectivity index (χ1n) is 6.28. The van der Waals surface area contributed by atoms with Gasteiger partial charge in [0, 0.05) is 36.5 Å². The quantitative estimate of drug-likeness (QED) is 0.864. The van der Waals surface area contributed by atoms with Crippen LogP contribution in [0.5, 0.6) is 0 Å². The first-order valence-corrected chi connectivity index (χ1v) is 6.66. The molecule has 2 aromatic rings. The van der Waals surface area contributed by atoms with Crippen LogP contribution in [0.15, 0.2) is 42.6 Å². The Morgan fingerprint density at radius 3 is 2.90 bits per heavy atom. The molecule has 1 atom stereocenters. The molecule has 0 radical (unpaired) electrons. The van der Waals surface area contributed by atoms with Crippen molar-refractivity contribution in [1.82, 2.24) is 10.3 Å². The van der Waals surface area contributed by atoms with Gasteiger partial charge in [0.1, 0.15) is 0 Å². The molecule has 1 N–H and O–H groups in total. The molecule has 0 aliphatic carbocycles. The lowest BCUT2D eigenvalue weighted by molar-refractivity contribution is 0.0827. The van der Waals surface area contributed by atoms with E-state index in [0.717, 1.165) is 11.6 Å². The predicted molar refractivity (Wildman–Crippen MR) is 77.7 cm³/mol. The predicted octanol–water partition coefficient (Wildman–Crippen LogP) is 2.99. The molecule has 1 aromatic carbocycles. The fourth-order valence-corrected chi connectivity index (χ4v) is 2.07. The second-order valence-corrected chi connectivity index (χ2v) is 4.79. The maximum atomic E-state index is 13.0. The van der Waals surface area contributed by atoms with Gasteiger partial charge in [0.25, 0.3) is 5.91 Å². The molecular weight excluding hydrogens is 295 g/mol. The second kappa shape index (κ2) is 7.15. The summed E-state index contributed by atoms with van der Waals surface area (Å²) in [6, 6.07) is 9.72. The van der Waals surface area contributed by atoms with E-state index in [-0.39, 0.29) is 24.1 Å². The highest BCUT2D eigenvalue weighted by molar-refractivity contribution is 6.30. The van der Waals surface area contributed by atoms with Gasteiger partial charge in [-0.25, -0.2) is 4.98 Å². The fraction of sp³-hybridized carbons (Fsp3) is 0.200. The minimum absolute atomic E-state index is 0.212. The molecule has 0 fully saturated rings. The monoisotopic (exact) mass is 308 g/mol. The van der Waals surface area contributed by atoms with E-state index < -0.39 is 5.95 Å². The summed E-state index contributed by atoms with van der Waals surface area (Å²) < 4.78 is 18.3. The van der Waals surface area contributed by atoms with Gasteiger partial charge in [-0.1, -0.05) is 23.7 Å². The van der Waals surface area contributed by atoms with Gasteiger partial charge in [0.05, 0.1) is 6.10 Å². The number of aromatic nitrogens is 1. The number of carbonyl (C=O) groups is 1. The number of amides is 1. The van der Waals surface area contributed by atoms with E-state index >= 15 is 0 Å². The Labute approximate surface area is 126 Å². The number of carbonyl (C=O) groups excluding carboxylic acids is 1. The molecule has 110 valence electrons. The molecule has 0 aliphatic rings. The van der Waals surface area contributed by atoms with Crippen molar-refractivity contribution in [1.29, 1.82) is 0 Å². The smallest absolute Gasteiger partial charge is 0.251 e. The Morgan fingerprint density at radius 1 is 1.43 bits per heavy atom. The minimum atomic E-state index is -0.694. The van der Waals surface area contributed by atoms with Crippen molar-refractivity contribution in [2.75, 3.05) is 13.7 Å². The maximum absolute atomic E-state index is 13.0. The number of nitrogens with zero attached hydrogens (tertiary/aromatic N) is 1. The number of nitrogens with one attached hydrogen (secondary N) is 1. The van der Waals surface area contributed by atoms with Crippen LogP contribution in [0.4, 0.5) is 4.39 Å². The van der Waals surface area contributed by atoms with Gasteiger partial charge in [-0.05, 0) is 23.8 Å². The number of hydrogen-bond acceptors (Lipinski definition) is 3. The molecule has 2 rings (SSSR count). The standard InChI is InChI=1S/C15H14ClFN2O2/c1-21-13(10-3-2-4-12(16)7-10)9-19-15(20)11-5-6-18-14(17)8-11/h2-8,13H,9H2,1H3,(H,19,20). The summed E-state index contributed by atoms with van der Waals surface area (Å²) >= 11 is 5.93. The normalized spacial score (nSPS) is 12.0. The zero-order valence-electron chi connectivity index (χ0n) is 11.3. The van der Waals surface area contributed by atoms with Gasteiger partial charge in [0.2, 0.25) is 5.95 Å². The molecular formula is C15H14ClFN2O2. The van der Waals surface area contributed by atoms with Gasteiger partial charge in [-0.2, -0.15) is 4.39 Å². The van der Waals surface area contributed by atoms with Crippen LogP contribution >= 0.6 is 11.6 Å². The average Bonchev–Trinajstić information content (AvgIpc) is 2.48. The van der Waals surface area contributed by atoms with Crippen molar-refractivity contribution in [3.63, 3.8) is 0 Å². The molecule has 1 amide bonds. The highest BCUT2D eigenvalue weighted by Gasteiger charge is 2.13. The number of rotatable bonds is 5. The van der Waals surface area contributed by atoms with Crippen LogP contribution in [-0.4, -0.2) is 24.5 Å². The molecule has 0 spiro atoms. The van der Waals surface area contributed by atoms with Crippen molar-refractivity contribution < 1.29 is 13.9 Å². The van der Waals surface area contributed by atoms with Crippen molar-refractivity contribution in [3.05, 3.63) is 64.7 Å². The van der Waals surface area contributed by atoms with Crippen molar-refractivity contribution in [2.45, 2.75) is 6.10 Å². The fourth-order valence-electron chi connectivity index (χ4n) is 1.88. The lowest BCUT2D eigenvalue weighted by Crippen LogP contribution is -2.29. The highest BCUT2D eigenvalue weighted by atomic mass is 35.5. The summed E-state index contributed by atoms with van der Waals surface area (Å²) in [5.41, 5.74) is 1.06. The summed E-state index contributed by atoms with van der Waals surface area (Å²) in [4.78, 5) is 15.3. The molecule has 0 saturated carbocycles. The van der Waals surface area contributed by atoms with E-state index in [1.54, 1.807) is 19.2 Å². The largest absolute Gasteiger partial charge is 0.375 e. The molecule has 21 heavy (non-hydrogen) atoms. The number of halogens is 2. The van der Waals surface area contributed by atoms with E-state index in [9.17, 15) is 9.18 Å². The summed E-state index contributed by atoms with van der Waals surface area (Å²) in [7, 11) is 1.55. The van der Waals surface area contributed by atoms with E-state index in [1.807, 2.05) is 12.1 Å². The van der Waals surface area contributed by atoms with Gasteiger partial charge in [-0.15, -0.1) is 0 Å². The van der Waals surface area contributed by atoms with Crippen LogP contribution in [-0.2, 0) is 4.74 Å². The summed E-state index contributed by atoms with van der Waals surface area (Å²) in [6.07, 6.45) is 0.911. The number of benzene rings is 1. The highest BCUT2D eigenvalue weighted by Crippen LogP contribution is 2.19. The third-order valence-corrected chi connectivity index (χ3v) is 3.18. The van der Waals surface area contributed by atoms with E-state index in [2.05, 4.69) is 10.3 Å². The van der Waals surface area contributed by atoms with Crippen LogP contribution in [0, 0.1) is 5.95 Å². The summed E-state index contributed by atoms with van der Waals surface area (Å²) in [5.74, 6) is -1.08. The molecule has 6 heteroatoms. The Kier molecular flexibility index (Phi) is 5.25. The first kappa shape index (κ1) is 15.4. The van der Waals surface area contributed by atoms with Crippen molar-refractivity contribution in [2.24, 2.45) is 0 Å². The third kappa shape index (κ3) is 4.24. The van der Waals surface area contributed by atoms with Crippen molar-refractivity contribution in [3.8, 4) is 0 Å². The number of methoxy groups -OCH3 is 1. The van der Waals surface area contributed by atoms with Crippen LogP contribution in [0.25, 0.3) is 0 Å². The topological polar surface area (TPSA) is 51.2 Å². The summed E-state index contributed by atoms with van der Waals surface area (Å²) in [5, 5.41) is 3.29. The SMILES string of the molecule is COC(CNC(=O)c1ccnc(F)c1)c1cccc(Cl)c1. The van der Waals surface area contributed by atoms with E-state index in [4.69, 9.17) is 16.3 Å². The van der Waals surface area contributed by atoms with Crippen LogP contribution < -0.4 is 5.32 Å². The zero-order chi connectivity index (χ0) is 15.2. The van der Waals surface area contributed by atoms with Gasteiger partial charge < -0.3 is 10.1 Å². The van der Waals surface area contributed by atoms with E-state index in [1.165, 1.54) is 12.3 Å². The average molecular weight is 309 g/mol. The van der Waals surface area contributed by atoms with Crippen LogP contribution in [0.1, 0.15) is 22.0 Å². The number of ether oxygens (including phenoxy) is 1. The first-order chi connectivity index (χ1) is 10.1. The molecule has 1 heterocycles. The van der Waals surface area contributed by atoms with Crippen molar-refractivity contribution >= 4 is 17.5 Å². The molecule has 4 nitrogen and oxygen atoms in total. The van der Waals surface area contributed by atoms with Crippen LogP contribution in [0.3, 0.4) is 0 Å². The molecule has 1 unspecified atom stereocenters. The van der Waals surface area contributed by atoms with Gasteiger partial charge in [-0.3, -0.25) is 4.79 Å². The molecule has 0 saturated heterocycles. The maximum Gasteiger partial charge on any atom is 0.251 e. The third-order valence-electron chi connectivity index (χ3n) is 2.94. The molecule has 1 aromatic heterocycles. The Balaban J connectivity index is 2.02.